The molecule has 0 bridgehead atoms. The van der Waals surface area contributed by atoms with Crippen LogP contribution < -0.4 is 5.32 Å². The van der Waals surface area contributed by atoms with E-state index in [1.165, 1.54) is 27.2 Å². The number of hydrogen-bond acceptors (Lipinski definition) is 17. The molecule has 2 amide bonds. The van der Waals surface area contributed by atoms with Crippen LogP contribution in [-0.2, 0) is 71.1 Å². The summed E-state index contributed by atoms with van der Waals surface area (Å²) in [5.74, 6) is 0.0318. The minimum atomic E-state index is -0.519. The summed E-state index contributed by atoms with van der Waals surface area (Å²) < 4.78 is 82.5. The van der Waals surface area contributed by atoms with Gasteiger partial charge in [-0.2, -0.15) is 0 Å². The number of benzene rings is 2. The molecular formula is C49H80N2O17. The Hall–Kier alpha value is -3.54. The largest absolute Gasteiger partial charge is 0.448 e. The number of nitrogens with one attached hydrogen (secondary N) is 1. The molecule has 2 aromatic carbocycles. The van der Waals surface area contributed by atoms with Gasteiger partial charge in [0, 0.05) is 26.1 Å². The lowest BCUT2D eigenvalue weighted by Gasteiger charge is -2.19. The zero-order chi connectivity index (χ0) is 48.6. The molecule has 0 spiro atoms. The van der Waals surface area contributed by atoms with E-state index in [2.05, 4.69) is 29.6 Å². The molecule has 19 heteroatoms. The third-order valence-electron chi connectivity index (χ3n) is 9.60. The van der Waals surface area contributed by atoms with Gasteiger partial charge in [0.1, 0.15) is 12.2 Å². The number of hydrogen-bond donors (Lipinski definition) is 1. The molecule has 68 heavy (non-hydrogen) atoms. The number of fused-ring (bicyclic) bond motifs is 3. The zero-order valence-corrected chi connectivity index (χ0v) is 41.1. The molecule has 0 saturated carbocycles. The first-order chi connectivity index (χ1) is 33.3. The van der Waals surface area contributed by atoms with E-state index in [9.17, 15) is 9.59 Å². The lowest BCUT2D eigenvalue weighted by Crippen LogP contribution is -2.34. The molecule has 2 aromatic rings. The highest BCUT2D eigenvalue weighted by molar-refractivity contribution is 5.79. The third kappa shape index (κ3) is 29.5. The van der Waals surface area contributed by atoms with Crippen molar-refractivity contribution in [1.29, 1.82) is 0 Å². The summed E-state index contributed by atoms with van der Waals surface area (Å²) >= 11 is 0. The monoisotopic (exact) mass is 969 g/mol. The van der Waals surface area contributed by atoms with Crippen LogP contribution in [-0.4, -0.2) is 221 Å². The van der Waals surface area contributed by atoms with E-state index in [1.807, 2.05) is 45.0 Å². The van der Waals surface area contributed by atoms with Gasteiger partial charge in [-0.1, -0.05) is 48.5 Å². The number of alkyl carbamates (subject to hydrolysis) is 1. The molecule has 0 aromatic heterocycles. The predicted octanol–water partition coefficient (Wildman–Crippen LogP) is 4.61. The van der Waals surface area contributed by atoms with E-state index in [-0.39, 0.29) is 12.0 Å². The number of nitrogens with zero attached hydrogens (tertiary/aromatic N) is 1. The summed E-state index contributed by atoms with van der Waals surface area (Å²) in [6.07, 6.45) is -0.827. The normalized spacial score (nSPS) is 12.3. The summed E-state index contributed by atoms with van der Waals surface area (Å²) in [7, 11) is 1.71. The van der Waals surface area contributed by atoms with Gasteiger partial charge in [-0.25, -0.2) is 9.59 Å². The van der Waals surface area contributed by atoms with Crippen LogP contribution in [0.4, 0.5) is 9.59 Å². The molecule has 0 fully saturated rings. The second-order valence-corrected chi connectivity index (χ2v) is 16.1. The average molecular weight is 969 g/mol. The molecule has 0 saturated heterocycles. The number of rotatable bonds is 44. The maximum atomic E-state index is 12.6. The van der Waals surface area contributed by atoms with Crippen molar-refractivity contribution in [3.8, 4) is 11.1 Å². The van der Waals surface area contributed by atoms with Gasteiger partial charge in [0.05, 0.1) is 172 Å². The Labute approximate surface area is 403 Å². The third-order valence-corrected chi connectivity index (χ3v) is 9.60. The fraction of sp³-hybridized carbons (Fsp3) is 0.714. The first-order valence-electron chi connectivity index (χ1n) is 23.8. The van der Waals surface area contributed by atoms with Gasteiger partial charge in [-0.15, -0.1) is 0 Å². The van der Waals surface area contributed by atoms with Gasteiger partial charge in [0.25, 0.3) is 0 Å². The van der Waals surface area contributed by atoms with Gasteiger partial charge in [0.15, 0.2) is 0 Å². The Bertz CT molecular complexity index is 1510. The van der Waals surface area contributed by atoms with Crippen LogP contribution in [0.5, 0.6) is 0 Å². The van der Waals surface area contributed by atoms with Crippen molar-refractivity contribution in [3.05, 3.63) is 59.7 Å². The van der Waals surface area contributed by atoms with Crippen LogP contribution in [0.25, 0.3) is 11.1 Å². The quantitative estimate of drug-likeness (QED) is 0.0907. The Morgan fingerprint density at radius 1 is 0.456 bits per heavy atom. The summed E-state index contributed by atoms with van der Waals surface area (Å²) in [6.45, 7) is 18.5. The van der Waals surface area contributed by atoms with Crippen LogP contribution in [0.15, 0.2) is 48.5 Å². The number of carbonyl (C=O) groups is 2. The molecule has 0 radical (unpaired) electrons. The minimum Gasteiger partial charge on any atom is -0.448 e. The van der Waals surface area contributed by atoms with E-state index < -0.39 is 11.7 Å². The Morgan fingerprint density at radius 2 is 0.750 bits per heavy atom. The number of amides is 2. The van der Waals surface area contributed by atoms with Crippen LogP contribution in [0.3, 0.4) is 0 Å². The lowest BCUT2D eigenvalue weighted by molar-refractivity contribution is -0.0291. The molecule has 3 rings (SSSR count). The molecule has 388 valence electrons. The molecular weight excluding hydrogens is 889 g/mol. The zero-order valence-electron chi connectivity index (χ0n) is 41.1. The second-order valence-electron chi connectivity index (χ2n) is 16.1. The molecule has 1 aliphatic carbocycles. The van der Waals surface area contributed by atoms with Crippen LogP contribution in [0.1, 0.15) is 37.8 Å². The molecule has 1 aliphatic rings. The van der Waals surface area contributed by atoms with E-state index in [1.54, 1.807) is 7.05 Å². The SMILES string of the molecule is CN(CCOCCOCCOCCOCCOCCOCCOCCOCCOCCOCCOCCOCCOCCNC(=O)OC(C)(C)C)C(=O)OCC1c2ccccc2-c2ccccc21. The van der Waals surface area contributed by atoms with Crippen molar-refractivity contribution in [1.82, 2.24) is 10.2 Å². The highest BCUT2D eigenvalue weighted by Crippen LogP contribution is 2.44. The Morgan fingerprint density at radius 3 is 1.07 bits per heavy atom. The van der Waals surface area contributed by atoms with Crippen LogP contribution >= 0.6 is 0 Å². The maximum absolute atomic E-state index is 12.6. The van der Waals surface area contributed by atoms with Gasteiger partial charge < -0.3 is 81.3 Å². The number of ether oxygens (including phenoxy) is 15. The summed E-state index contributed by atoms with van der Waals surface area (Å²) in [5, 5.41) is 2.63. The van der Waals surface area contributed by atoms with Crippen LogP contribution in [0, 0.1) is 0 Å². The smallest absolute Gasteiger partial charge is 0.409 e. The van der Waals surface area contributed by atoms with Gasteiger partial charge in [-0.05, 0) is 43.0 Å². The second kappa shape index (κ2) is 39.2. The van der Waals surface area contributed by atoms with Crippen molar-refractivity contribution in [2.75, 3.05) is 199 Å². The molecule has 1 N–H and O–H groups in total. The van der Waals surface area contributed by atoms with Crippen molar-refractivity contribution in [2.24, 2.45) is 0 Å². The van der Waals surface area contributed by atoms with Gasteiger partial charge >= 0.3 is 12.2 Å². The molecule has 0 heterocycles. The fourth-order valence-corrected chi connectivity index (χ4v) is 6.28. The van der Waals surface area contributed by atoms with Gasteiger partial charge in [0.2, 0.25) is 0 Å². The van der Waals surface area contributed by atoms with Crippen LogP contribution in [0.2, 0.25) is 0 Å². The lowest BCUT2D eigenvalue weighted by atomic mass is 9.98. The van der Waals surface area contributed by atoms with E-state index in [4.69, 9.17) is 71.1 Å². The summed E-state index contributed by atoms with van der Waals surface area (Å²) in [5.41, 5.74) is 4.26. The summed E-state index contributed by atoms with van der Waals surface area (Å²) in [4.78, 5) is 25.7. The molecule has 0 aliphatic heterocycles. The predicted molar refractivity (Wildman–Crippen MR) is 253 cm³/mol. The average Bonchev–Trinajstić information content (AvgIpc) is 3.65. The first kappa shape index (κ1) is 58.8. The first-order valence-corrected chi connectivity index (χ1v) is 23.8. The topological polar surface area (TPSA) is 188 Å². The molecule has 0 unspecified atom stereocenters. The Balaban J connectivity index is 0.916. The van der Waals surface area contributed by atoms with E-state index >= 15 is 0 Å². The maximum Gasteiger partial charge on any atom is 0.409 e. The summed E-state index contributed by atoms with van der Waals surface area (Å²) in [6, 6.07) is 16.6. The highest BCUT2D eigenvalue weighted by Gasteiger charge is 2.29. The highest BCUT2D eigenvalue weighted by atomic mass is 16.6. The Kier molecular flexibility index (Phi) is 33.9. The minimum absolute atomic E-state index is 0.0318. The van der Waals surface area contributed by atoms with E-state index in [0.29, 0.717) is 191 Å². The van der Waals surface area contributed by atoms with Gasteiger partial charge in [-0.3, -0.25) is 0 Å². The number of carbonyl (C=O) groups excluding carboxylic acids is 2. The van der Waals surface area contributed by atoms with Crippen molar-refractivity contribution in [2.45, 2.75) is 32.3 Å². The number of likely N-dealkylation sites (N-methyl/N-ethyl adjacent to an activating group) is 1. The van der Waals surface area contributed by atoms with E-state index in [0.717, 1.165) is 0 Å². The molecule has 0 atom stereocenters. The van der Waals surface area contributed by atoms with Crippen molar-refractivity contribution < 1.29 is 80.6 Å². The van der Waals surface area contributed by atoms with Crippen molar-refractivity contribution in [3.63, 3.8) is 0 Å². The standard InChI is InChI=1S/C49H80N2O17/c1-49(2,3)68-47(52)50-13-15-54-17-19-56-21-23-58-25-27-60-29-31-62-33-35-64-37-39-66-40-38-65-36-34-63-32-30-61-28-26-59-24-22-57-20-18-55-16-14-51(4)48(53)67-41-46-44-11-7-5-9-42(44)43-10-6-8-12-45(43)46/h5-12,46H,13-41H2,1-4H3,(H,50,52). The molecule has 19 nitrogen and oxygen atoms in total. The van der Waals surface area contributed by atoms with Crippen molar-refractivity contribution >= 4 is 12.2 Å². The fourth-order valence-electron chi connectivity index (χ4n) is 6.28.